The van der Waals surface area contributed by atoms with Gasteiger partial charge in [-0.2, -0.15) is 0 Å². The Balaban J connectivity index is 2.54. The van der Waals surface area contributed by atoms with Crippen LogP contribution in [0.5, 0.6) is 0 Å². The fourth-order valence-electron chi connectivity index (χ4n) is 1.23. The molecule has 0 amide bonds. The summed E-state index contributed by atoms with van der Waals surface area (Å²) < 4.78 is 5.39. The third-order valence-corrected chi connectivity index (χ3v) is 3.00. The van der Waals surface area contributed by atoms with Crippen molar-refractivity contribution in [1.82, 2.24) is 4.98 Å². The summed E-state index contributed by atoms with van der Waals surface area (Å²) in [5, 5.41) is 4.05. The molecule has 0 fully saturated rings. The third-order valence-electron chi connectivity index (χ3n) is 1.98. The third kappa shape index (κ3) is 2.12. The van der Waals surface area contributed by atoms with Gasteiger partial charge in [-0.25, -0.2) is 4.98 Å². The van der Waals surface area contributed by atoms with E-state index in [-0.39, 0.29) is 0 Å². The molecule has 0 radical (unpaired) electrons. The number of nitrogens with one attached hydrogen (secondary N) is 1. The quantitative estimate of drug-likeness (QED) is 0.830. The van der Waals surface area contributed by atoms with Crippen LogP contribution in [-0.4, -0.2) is 12.0 Å². The van der Waals surface area contributed by atoms with Gasteiger partial charge < -0.3 is 9.73 Å². The van der Waals surface area contributed by atoms with Gasteiger partial charge in [0.15, 0.2) is 0 Å². The van der Waals surface area contributed by atoms with Crippen LogP contribution in [-0.2, 0) is 0 Å². The lowest BCUT2D eigenvalue weighted by atomic mass is 10.2. The van der Waals surface area contributed by atoms with Crippen molar-refractivity contribution in [3.63, 3.8) is 0 Å². The maximum absolute atomic E-state index is 6.04. The zero-order valence-electron chi connectivity index (χ0n) is 8.22. The molecule has 16 heavy (non-hydrogen) atoms. The summed E-state index contributed by atoms with van der Waals surface area (Å²) in [6.45, 7) is 0. The molecule has 1 N–H and O–H groups in total. The first-order valence-corrected chi connectivity index (χ1v) is 5.53. The van der Waals surface area contributed by atoms with Crippen molar-refractivity contribution in [2.75, 3.05) is 12.4 Å². The molecule has 0 saturated carbocycles. The van der Waals surface area contributed by atoms with E-state index in [0.717, 1.165) is 0 Å². The molecule has 1 aromatic carbocycles. The van der Waals surface area contributed by atoms with Crippen LogP contribution >= 0.6 is 34.8 Å². The van der Waals surface area contributed by atoms with E-state index in [1.165, 1.54) is 0 Å². The maximum Gasteiger partial charge on any atom is 0.230 e. The van der Waals surface area contributed by atoms with E-state index in [0.29, 0.717) is 32.4 Å². The molecule has 0 unspecified atom stereocenters. The molecule has 2 rings (SSSR count). The SMILES string of the molecule is CNc1cnc(-c2cc(Cl)cc(Cl)c2Cl)o1. The number of rotatable bonds is 2. The fraction of sp³-hybridized carbons (Fsp3) is 0.100. The van der Waals surface area contributed by atoms with Gasteiger partial charge in [-0.1, -0.05) is 34.8 Å². The number of hydrogen-bond donors (Lipinski definition) is 1. The Hall–Kier alpha value is -0.900. The molecule has 2 aromatic rings. The molecule has 0 saturated heterocycles. The van der Waals surface area contributed by atoms with Crippen LogP contribution in [0.25, 0.3) is 11.5 Å². The van der Waals surface area contributed by atoms with Crippen LogP contribution in [0.4, 0.5) is 5.88 Å². The predicted octanol–water partition coefficient (Wildman–Crippen LogP) is 4.34. The number of aromatic nitrogens is 1. The van der Waals surface area contributed by atoms with E-state index in [1.807, 2.05) is 0 Å². The monoisotopic (exact) mass is 276 g/mol. The van der Waals surface area contributed by atoms with Crippen molar-refractivity contribution >= 4 is 40.7 Å². The molecule has 0 aliphatic rings. The topological polar surface area (TPSA) is 38.1 Å². The summed E-state index contributed by atoms with van der Waals surface area (Å²) in [5.74, 6) is 0.918. The zero-order chi connectivity index (χ0) is 11.7. The van der Waals surface area contributed by atoms with Gasteiger partial charge >= 0.3 is 0 Å². The molecule has 0 aliphatic carbocycles. The molecule has 84 valence electrons. The van der Waals surface area contributed by atoms with Crippen LogP contribution in [0.2, 0.25) is 15.1 Å². The minimum absolute atomic E-state index is 0.369. The van der Waals surface area contributed by atoms with Gasteiger partial charge in [0.05, 0.1) is 21.8 Å². The first-order chi connectivity index (χ1) is 7.61. The predicted molar refractivity (Wildman–Crippen MR) is 66.5 cm³/mol. The highest BCUT2D eigenvalue weighted by atomic mass is 35.5. The first-order valence-electron chi connectivity index (χ1n) is 4.40. The Morgan fingerprint density at radius 2 is 2.00 bits per heavy atom. The lowest BCUT2D eigenvalue weighted by molar-refractivity contribution is 0.589. The van der Waals surface area contributed by atoms with E-state index in [4.69, 9.17) is 39.2 Å². The lowest BCUT2D eigenvalue weighted by Crippen LogP contribution is -1.83. The minimum atomic E-state index is 0.369. The maximum atomic E-state index is 6.04. The average Bonchev–Trinajstić information content (AvgIpc) is 2.71. The molecule has 0 bridgehead atoms. The van der Waals surface area contributed by atoms with Crippen molar-refractivity contribution in [1.29, 1.82) is 0 Å². The largest absolute Gasteiger partial charge is 0.421 e. The van der Waals surface area contributed by atoms with Gasteiger partial charge in [-0.15, -0.1) is 0 Å². The molecule has 0 aliphatic heterocycles. The Morgan fingerprint density at radius 1 is 1.25 bits per heavy atom. The van der Waals surface area contributed by atoms with Crippen molar-refractivity contribution in [2.24, 2.45) is 0 Å². The van der Waals surface area contributed by atoms with E-state index in [9.17, 15) is 0 Å². The van der Waals surface area contributed by atoms with E-state index >= 15 is 0 Å². The van der Waals surface area contributed by atoms with E-state index in [2.05, 4.69) is 10.3 Å². The molecule has 0 spiro atoms. The normalized spacial score (nSPS) is 10.5. The zero-order valence-corrected chi connectivity index (χ0v) is 10.5. The van der Waals surface area contributed by atoms with Crippen molar-refractivity contribution in [3.05, 3.63) is 33.4 Å². The number of halogens is 3. The van der Waals surface area contributed by atoms with Crippen LogP contribution < -0.4 is 5.32 Å². The number of hydrogen-bond acceptors (Lipinski definition) is 3. The highest BCUT2D eigenvalue weighted by Gasteiger charge is 2.13. The molecule has 3 nitrogen and oxygen atoms in total. The minimum Gasteiger partial charge on any atom is -0.421 e. The van der Waals surface area contributed by atoms with Crippen LogP contribution in [0.15, 0.2) is 22.7 Å². The van der Waals surface area contributed by atoms with Gasteiger partial charge in [-0.3, -0.25) is 0 Å². The second kappa shape index (κ2) is 4.53. The van der Waals surface area contributed by atoms with Crippen molar-refractivity contribution in [2.45, 2.75) is 0 Å². The summed E-state index contributed by atoms with van der Waals surface area (Å²) in [7, 11) is 1.73. The Morgan fingerprint density at radius 3 is 2.62 bits per heavy atom. The van der Waals surface area contributed by atoms with Crippen molar-refractivity contribution in [3.8, 4) is 11.5 Å². The van der Waals surface area contributed by atoms with Crippen LogP contribution in [0.1, 0.15) is 0 Å². The van der Waals surface area contributed by atoms with Gasteiger partial charge in [0.1, 0.15) is 0 Å². The molecule has 0 atom stereocenters. The number of anilines is 1. The molecule has 6 heteroatoms. The van der Waals surface area contributed by atoms with Gasteiger partial charge in [0, 0.05) is 12.1 Å². The smallest absolute Gasteiger partial charge is 0.230 e. The molecular formula is C10H7Cl3N2O. The Kier molecular flexibility index (Phi) is 3.28. The molecule has 1 heterocycles. The van der Waals surface area contributed by atoms with Gasteiger partial charge in [0.2, 0.25) is 11.8 Å². The van der Waals surface area contributed by atoms with Gasteiger partial charge in [0.25, 0.3) is 0 Å². The first kappa shape index (κ1) is 11.6. The highest BCUT2D eigenvalue weighted by Crippen LogP contribution is 2.36. The summed E-state index contributed by atoms with van der Waals surface area (Å²) in [6, 6.07) is 3.22. The Bertz CT molecular complexity index is 525. The van der Waals surface area contributed by atoms with Crippen LogP contribution in [0.3, 0.4) is 0 Å². The van der Waals surface area contributed by atoms with Crippen molar-refractivity contribution < 1.29 is 4.42 Å². The summed E-state index contributed by atoms with van der Waals surface area (Å²) in [5.41, 5.74) is 0.570. The number of benzene rings is 1. The average molecular weight is 278 g/mol. The number of nitrogens with zero attached hydrogens (tertiary/aromatic N) is 1. The highest BCUT2D eigenvalue weighted by molar-refractivity contribution is 6.44. The standard InChI is InChI=1S/C10H7Cl3N2O/c1-14-8-4-15-10(16-8)6-2-5(11)3-7(12)9(6)13/h2-4,14H,1H3. The van der Waals surface area contributed by atoms with Gasteiger partial charge in [-0.05, 0) is 12.1 Å². The lowest BCUT2D eigenvalue weighted by Gasteiger charge is -2.02. The second-order valence-corrected chi connectivity index (χ2v) is 4.25. The Labute approximate surface area is 107 Å². The van der Waals surface area contributed by atoms with Crippen LogP contribution in [0, 0.1) is 0 Å². The second-order valence-electron chi connectivity index (χ2n) is 3.03. The van der Waals surface area contributed by atoms with E-state index < -0.39 is 0 Å². The number of oxazole rings is 1. The summed E-state index contributed by atoms with van der Waals surface area (Å²) >= 11 is 17.8. The fourth-order valence-corrected chi connectivity index (χ4v) is 1.91. The van der Waals surface area contributed by atoms with E-state index in [1.54, 1.807) is 25.4 Å². The molecule has 1 aromatic heterocycles. The summed E-state index contributed by atoms with van der Waals surface area (Å²) in [6.07, 6.45) is 1.56. The molecular weight excluding hydrogens is 270 g/mol. The summed E-state index contributed by atoms with van der Waals surface area (Å²) in [4.78, 5) is 4.07.